The molecule has 1 saturated carbocycles. The lowest BCUT2D eigenvalue weighted by Crippen LogP contribution is -2.55. The quantitative estimate of drug-likeness (QED) is 0.588. The number of sulfonamides is 1. The summed E-state index contributed by atoms with van der Waals surface area (Å²) in [6, 6.07) is 2.15. The Labute approximate surface area is 109 Å². The van der Waals surface area contributed by atoms with E-state index in [1.165, 1.54) is 0 Å². The van der Waals surface area contributed by atoms with Crippen LogP contribution in [0.25, 0.3) is 0 Å². The van der Waals surface area contributed by atoms with E-state index in [2.05, 4.69) is 9.71 Å². The maximum atomic E-state index is 12.0. The lowest BCUT2D eigenvalue weighted by Gasteiger charge is -2.40. The number of hydrogen-bond acceptors (Lipinski definition) is 6. The van der Waals surface area contributed by atoms with Crippen molar-refractivity contribution in [2.75, 3.05) is 6.61 Å². The van der Waals surface area contributed by atoms with Gasteiger partial charge in [-0.25, -0.2) is 13.1 Å². The normalized spacial score (nSPS) is 17.7. The Kier molecular flexibility index (Phi) is 3.52. The zero-order valence-corrected chi connectivity index (χ0v) is 10.8. The zero-order chi connectivity index (χ0) is 14.1. The van der Waals surface area contributed by atoms with Crippen molar-refractivity contribution in [1.82, 2.24) is 9.71 Å². The molecule has 0 bridgehead atoms. The van der Waals surface area contributed by atoms with Gasteiger partial charge in [-0.1, -0.05) is 0 Å². The van der Waals surface area contributed by atoms with Gasteiger partial charge in [0.25, 0.3) is 0 Å². The highest BCUT2D eigenvalue weighted by atomic mass is 32.2. The summed E-state index contributed by atoms with van der Waals surface area (Å²) in [4.78, 5) is 13.0. The van der Waals surface area contributed by atoms with Crippen LogP contribution < -0.4 is 4.72 Å². The van der Waals surface area contributed by atoms with E-state index in [1.807, 2.05) is 0 Å². The number of aliphatic hydroxyl groups excluding tert-OH is 1. The Morgan fingerprint density at radius 2 is 2.16 bits per heavy atom. The van der Waals surface area contributed by atoms with E-state index in [4.69, 9.17) is 0 Å². The molecule has 0 saturated heterocycles. The number of nitrogens with one attached hydrogen (secondary N) is 1. The Morgan fingerprint density at radius 1 is 1.47 bits per heavy atom. The highest BCUT2D eigenvalue weighted by molar-refractivity contribution is 7.89. The molecule has 1 fully saturated rings. The van der Waals surface area contributed by atoms with Crippen LogP contribution in [0, 0.1) is 10.1 Å². The van der Waals surface area contributed by atoms with Gasteiger partial charge in [0.2, 0.25) is 10.0 Å². The minimum absolute atomic E-state index is 0.155. The Balaban J connectivity index is 2.22. The standard InChI is InChI=1S/C10H13N3O5S/c14-7-10(4-1-5-10)12-19(17,18)8-2-3-9(11-6-8)13(15)16/h2-3,6,12,14H,1,4-5,7H2. The first kappa shape index (κ1) is 13.8. The van der Waals surface area contributed by atoms with Gasteiger partial charge >= 0.3 is 5.82 Å². The smallest absolute Gasteiger partial charge is 0.363 e. The maximum absolute atomic E-state index is 12.0. The maximum Gasteiger partial charge on any atom is 0.363 e. The van der Waals surface area contributed by atoms with Crippen molar-refractivity contribution in [3.63, 3.8) is 0 Å². The molecule has 2 N–H and O–H groups in total. The summed E-state index contributed by atoms with van der Waals surface area (Å²) in [7, 11) is -3.83. The molecule has 0 amide bonds. The first-order chi connectivity index (χ1) is 8.88. The van der Waals surface area contributed by atoms with E-state index >= 15 is 0 Å². The van der Waals surface area contributed by atoms with E-state index < -0.39 is 26.3 Å². The fraction of sp³-hybridized carbons (Fsp3) is 0.500. The van der Waals surface area contributed by atoms with E-state index in [0.717, 1.165) is 24.8 Å². The number of hydrogen-bond donors (Lipinski definition) is 2. The van der Waals surface area contributed by atoms with Crippen LogP contribution in [-0.2, 0) is 10.0 Å². The molecule has 19 heavy (non-hydrogen) atoms. The van der Waals surface area contributed by atoms with Gasteiger partial charge in [0.1, 0.15) is 4.90 Å². The molecule has 0 aromatic carbocycles. The van der Waals surface area contributed by atoms with E-state index in [0.29, 0.717) is 12.8 Å². The summed E-state index contributed by atoms with van der Waals surface area (Å²) in [5.41, 5.74) is -0.805. The number of nitrogens with zero attached hydrogens (tertiary/aromatic N) is 2. The molecule has 1 aromatic heterocycles. The molecule has 1 aliphatic carbocycles. The highest BCUT2D eigenvalue weighted by Gasteiger charge is 2.40. The van der Waals surface area contributed by atoms with Crippen LogP contribution in [0.3, 0.4) is 0 Å². The van der Waals surface area contributed by atoms with Crippen molar-refractivity contribution < 1.29 is 18.4 Å². The van der Waals surface area contributed by atoms with Crippen LogP contribution >= 0.6 is 0 Å². The SMILES string of the molecule is O=[N+]([O-])c1ccc(S(=O)(=O)NC2(CO)CCC2)cn1. The molecule has 0 unspecified atom stereocenters. The summed E-state index contributed by atoms with van der Waals surface area (Å²) in [5, 5.41) is 19.7. The van der Waals surface area contributed by atoms with Crippen LogP contribution in [0.15, 0.2) is 23.2 Å². The van der Waals surface area contributed by atoms with Gasteiger partial charge in [-0.15, -0.1) is 0 Å². The molecular weight excluding hydrogens is 274 g/mol. The van der Waals surface area contributed by atoms with Crippen molar-refractivity contribution in [3.05, 3.63) is 28.4 Å². The minimum atomic E-state index is -3.83. The van der Waals surface area contributed by atoms with Crippen LogP contribution in [0.4, 0.5) is 5.82 Å². The predicted octanol–water partition coefficient (Wildman–Crippen LogP) is 0.183. The van der Waals surface area contributed by atoms with Crippen molar-refractivity contribution in [2.45, 2.75) is 29.7 Å². The van der Waals surface area contributed by atoms with Crippen molar-refractivity contribution >= 4 is 15.8 Å². The second-order valence-corrected chi connectivity index (χ2v) is 6.19. The summed E-state index contributed by atoms with van der Waals surface area (Å²) in [6.07, 6.45) is 2.93. The number of nitro groups is 1. The molecule has 0 atom stereocenters. The third kappa shape index (κ3) is 2.72. The number of aromatic nitrogens is 1. The molecular formula is C10H13N3O5S. The summed E-state index contributed by atoms with van der Waals surface area (Å²) < 4.78 is 26.5. The highest BCUT2D eigenvalue weighted by Crippen LogP contribution is 2.32. The second-order valence-electron chi connectivity index (χ2n) is 4.51. The van der Waals surface area contributed by atoms with Crippen LogP contribution in [0.1, 0.15) is 19.3 Å². The second kappa shape index (κ2) is 4.83. The first-order valence-corrected chi connectivity index (χ1v) is 7.12. The molecule has 0 radical (unpaired) electrons. The Bertz CT molecular complexity index is 574. The van der Waals surface area contributed by atoms with Crippen molar-refractivity contribution in [3.8, 4) is 0 Å². The van der Waals surface area contributed by atoms with Gasteiger partial charge in [-0.05, 0) is 35.2 Å². The molecule has 0 aliphatic heterocycles. The van der Waals surface area contributed by atoms with Gasteiger partial charge in [0.15, 0.2) is 6.20 Å². The average Bonchev–Trinajstić information content (AvgIpc) is 2.34. The third-order valence-electron chi connectivity index (χ3n) is 3.18. The molecule has 1 aliphatic rings. The first-order valence-electron chi connectivity index (χ1n) is 5.64. The molecule has 1 heterocycles. The van der Waals surface area contributed by atoms with Crippen LogP contribution in [-0.4, -0.2) is 35.6 Å². The van der Waals surface area contributed by atoms with Gasteiger partial charge in [0.05, 0.1) is 12.1 Å². The number of rotatable bonds is 5. The van der Waals surface area contributed by atoms with Gasteiger partial charge in [-0.2, -0.15) is 0 Å². The number of aliphatic hydroxyl groups is 1. The van der Waals surface area contributed by atoms with E-state index in [-0.39, 0.29) is 11.5 Å². The van der Waals surface area contributed by atoms with Gasteiger partial charge in [0, 0.05) is 6.07 Å². The molecule has 8 nitrogen and oxygen atoms in total. The van der Waals surface area contributed by atoms with Gasteiger partial charge in [-0.3, -0.25) is 0 Å². The minimum Gasteiger partial charge on any atom is -0.394 e. The molecule has 104 valence electrons. The predicted molar refractivity (Wildman–Crippen MR) is 64.9 cm³/mol. The van der Waals surface area contributed by atoms with Crippen molar-refractivity contribution in [2.24, 2.45) is 0 Å². The monoisotopic (exact) mass is 287 g/mol. The molecule has 9 heteroatoms. The third-order valence-corrected chi connectivity index (χ3v) is 4.75. The topological polar surface area (TPSA) is 122 Å². The fourth-order valence-corrected chi connectivity index (χ4v) is 3.27. The summed E-state index contributed by atoms with van der Waals surface area (Å²) in [6.45, 7) is -0.271. The number of pyridine rings is 1. The molecule has 0 spiro atoms. The zero-order valence-electron chi connectivity index (χ0n) is 9.94. The summed E-state index contributed by atoms with van der Waals surface area (Å²) in [5.74, 6) is -0.417. The van der Waals surface area contributed by atoms with E-state index in [1.54, 1.807) is 0 Å². The lowest BCUT2D eigenvalue weighted by molar-refractivity contribution is -0.389. The Morgan fingerprint density at radius 3 is 2.53 bits per heavy atom. The molecule has 2 rings (SSSR count). The van der Waals surface area contributed by atoms with E-state index in [9.17, 15) is 23.6 Å². The largest absolute Gasteiger partial charge is 0.394 e. The fourth-order valence-electron chi connectivity index (χ4n) is 1.88. The molecule has 1 aromatic rings. The van der Waals surface area contributed by atoms with Gasteiger partial charge < -0.3 is 15.2 Å². The Hall–Kier alpha value is -1.58. The average molecular weight is 287 g/mol. The summed E-state index contributed by atoms with van der Waals surface area (Å²) >= 11 is 0. The van der Waals surface area contributed by atoms with Crippen LogP contribution in [0.5, 0.6) is 0 Å². The van der Waals surface area contributed by atoms with Crippen molar-refractivity contribution in [1.29, 1.82) is 0 Å². The lowest BCUT2D eigenvalue weighted by atomic mass is 9.78. The van der Waals surface area contributed by atoms with Crippen LogP contribution in [0.2, 0.25) is 0 Å².